The monoisotopic (exact) mass is 396 g/mol. The number of sulfonamides is 1. The first-order valence-electron chi connectivity index (χ1n) is 7.72. The Hall–Kier alpha value is -1.54. The maximum atomic E-state index is 12.7. The van der Waals surface area contributed by atoms with Crippen molar-refractivity contribution in [3.63, 3.8) is 0 Å². The van der Waals surface area contributed by atoms with Gasteiger partial charge >= 0.3 is 0 Å². The van der Waals surface area contributed by atoms with E-state index in [4.69, 9.17) is 11.6 Å². The number of halogens is 1. The molecule has 2 aromatic carbocycles. The normalized spacial score (nSPS) is 16.0. The minimum atomic E-state index is -3.58. The molecule has 0 saturated carbocycles. The Bertz CT molecular complexity index is 877. The summed E-state index contributed by atoms with van der Waals surface area (Å²) in [7, 11) is -3.58. The van der Waals surface area contributed by atoms with Crippen LogP contribution < -0.4 is 0 Å². The first-order chi connectivity index (χ1) is 11.9. The molecular weight excluding hydrogens is 380 g/mol. The fourth-order valence-electron chi connectivity index (χ4n) is 2.71. The van der Waals surface area contributed by atoms with Gasteiger partial charge in [0.1, 0.15) is 0 Å². The fraction of sp³-hybridized carbons (Fsp3) is 0.235. The van der Waals surface area contributed by atoms with Gasteiger partial charge in [0.05, 0.1) is 10.5 Å². The molecule has 8 heteroatoms. The first kappa shape index (κ1) is 18.3. The molecule has 132 valence electrons. The van der Waals surface area contributed by atoms with Crippen LogP contribution in [0, 0.1) is 0 Å². The van der Waals surface area contributed by atoms with E-state index in [0.29, 0.717) is 28.6 Å². The highest BCUT2D eigenvalue weighted by atomic mass is 35.5. The van der Waals surface area contributed by atoms with Gasteiger partial charge in [0.15, 0.2) is 0 Å². The van der Waals surface area contributed by atoms with Crippen molar-refractivity contribution in [2.24, 2.45) is 0 Å². The Morgan fingerprint density at radius 3 is 2.16 bits per heavy atom. The summed E-state index contributed by atoms with van der Waals surface area (Å²) in [5, 5.41) is 0.486. The summed E-state index contributed by atoms with van der Waals surface area (Å²) in [6.07, 6.45) is 0. The predicted molar refractivity (Wildman–Crippen MR) is 99.8 cm³/mol. The van der Waals surface area contributed by atoms with Gasteiger partial charge in [-0.2, -0.15) is 4.31 Å². The number of carbonyl (C=O) groups excluding carboxylic acids is 1. The second-order valence-electron chi connectivity index (χ2n) is 5.67. The number of piperazine rings is 1. The lowest BCUT2D eigenvalue weighted by atomic mass is 10.2. The molecule has 1 heterocycles. The van der Waals surface area contributed by atoms with Gasteiger partial charge in [0.25, 0.3) is 5.91 Å². The number of rotatable bonds is 3. The van der Waals surface area contributed by atoms with E-state index in [-0.39, 0.29) is 23.9 Å². The molecule has 0 aliphatic carbocycles. The highest BCUT2D eigenvalue weighted by molar-refractivity contribution is 7.89. The zero-order chi connectivity index (χ0) is 18.0. The lowest BCUT2D eigenvalue weighted by Crippen LogP contribution is -2.50. The van der Waals surface area contributed by atoms with E-state index < -0.39 is 10.0 Å². The van der Waals surface area contributed by atoms with Gasteiger partial charge in [-0.15, -0.1) is 12.6 Å². The molecule has 0 bridgehead atoms. The number of hydrogen-bond acceptors (Lipinski definition) is 4. The number of nitrogens with zero attached hydrogens (tertiary/aromatic N) is 2. The van der Waals surface area contributed by atoms with Crippen LogP contribution in [0.4, 0.5) is 0 Å². The highest BCUT2D eigenvalue weighted by Gasteiger charge is 2.30. The largest absolute Gasteiger partial charge is 0.336 e. The Morgan fingerprint density at radius 1 is 0.960 bits per heavy atom. The van der Waals surface area contributed by atoms with Crippen LogP contribution in [0.3, 0.4) is 0 Å². The minimum Gasteiger partial charge on any atom is -0.336 e. The lowest BCUT2D eigenvalue weighted by molar-refractivity contribution is 0.0694. The Labute approximate surface area is 157 Å². The van der Waals surface area contributed by atoms with Crippen molar-refractivity contribution in [1.82, 2.24) is 9.21 Å². The topological polar surface area (TPSA) is 57.7 Å². The number of carbonyl (C=O) groups is 1. The summed E-state index contributed by atoms with van der Waals surface area (Å²) in [5.74, 6) is -0.130. The molecule has 2 aromatic rings. The number of benzene rings is 2. The molecule has 0 atom stereocenters. The molecule has 3 rings (SSSR count). The van der Waals surface area contributed by atoms with E-state index in [1.165, 1.54) is 16.4 Å². The molecule has 1 fully saturated rings. The van der Waals surface area contributed by atoms with Gasteiger partial charge in [0, 0.05) is 36.1 Å². The Balaban J connectivity index is 1.70. The van der Waals surface area contributed by atoms with E-state index in [2.05, 4.69) is 12.6 Å². The van der Waals surface area contributed by atoms with Gasteiger partial charge in [-0.05, 0) is 36.4 Å². The summed E-state index contributed by atoms with van der Waals surface area (Å²) in [4.78, 5) is 15.1. The van der Waals surface area contributed by atoms with Crippen LogP contribution >= 0.6 is 24.2 Å². The molecule has 25 heavy (non-hydrogen) atoms. The van der Waals surface area contributed by atoms with Crippen LogP contribution in [-0.2, 0) is 10.0 Å². The van der Waals surface area contributed by atoms with Gasteiger partial charge in [0.2, 0.25) is 10.0 Å². The SMILES string of the molecule is O=C(c1ccccc1S)N1CCN(S(=O)(=O)c2ccc(Cl)cc2)CC1. The van der Waals surface area contributed by atoms with Crippen molar-refractivity contribution >= 4 is 40.2 Å². The van der Waals surface area contributed by atoms with Gasteiger partial charge in [-0.3, -0.25) is 4.79 Å². The second kappa shape index (κ2) is 7.37. The van der Waals surface area contributed by atoms with E-state index in [9.17, 15) is 13.2 Å². The average molecular weight is 397 g/mol. The molecule has 1 aliphatic heterocycles. The average Bonchev–Trinajstić information content (AvgIpc) is 2.62. The molecule has 0 spiro atoms. The van der Waals surface area contributed by atoms with Crippen LogP contribution in [-0.4, -0.2) is 49.7 Å². The molecule has 1 amide bonds. The molecule has 1 aliphatic rings. The van der Waals surface area contributed by atoms with E-state index in [1.807, 2.05) is 6.07 Å². The van der Waals surface area contributed by atoms with E-state index >= 15 is 0 Å². The molecule has 1 saturated heterocycles. The summed E-state index contributed by atoms with van der Waals surface area (Å²) in [5.41, 5.74) is 0.528. The summed E-state index contributed by atoms with van der Waals surface area (Å²) in [6.45, 7) is 1.19. The van der Waals surface area contributed by atoms with Gasteiger partial charge in [-0.25, -0.2) is 8.42 Å². The Kier molecular flexibility index (Phi) is 5.38. The van der Waals surface area contributed by atoms with E-state index in [0.717, 1.165) is 0 Å². The van der Waals surface area contributed by atoms with E-state index in [1.54, 1.807) is 35.2 Å². The van der Waals surface area contributed by atoms with Crippen molar-refractivity contribution in [3.05, 3.63) is 59.1 Å². The van der Waals surface area contributed by atoms with Crippen molar-refractivity contribution < 1.29 is 13.2 Å². The molecule has 0 aromatic heterocycles. The second-order valence-corrected chi connectivity index (χ2v) is 8.52. The molecule has 5 nitrogen and oxygen atoms in total. The third-order valence-corrected chi connectivity index (χ3v) is 6.67. The standard InChI is InChI=1S/C17H17ClN2O3S2/c18-13-5-7-14(8-6-13)25(22,23)20-11-9-19(10-12-20)17(21)15-3-1-2-4-16(15)24/h1-8,24H,9-12H2. The quantitative estimate of drug-likeness (QED) is 0.811. The molecule has 0 N–H and O–H groups in total. The van der Waals surface area contributed by atoms with Crippen LogP contribution in [0.1, 0.15) is 10.4 Å². The van der Waals surface area contributed by atoms with Crippen LogP contribution in [0.25, 0.3) is 0 Å². The van der Waals surface area contributed by atoms with Crippen molar-refractivity contribution in [1.29, 1.82) is 0 Å². The van der Waals surface area contributed by atoms with Gasteiger partial charge in [-0.1, -0.05) is 23.7 Å². The number of amides is 1. The zero-order valence-electron chi connectivity index (χ0n) is 13.3. The number of hydrogen-bond donors (Lipinski definition) is 1. The third kappa shape index (κ3) is 3.84. The van der Waals surface area contributed by atoms with Gasteiger partial charge < -0.3 is 4.90 Å². The molecule has 0 radical (unpaired) electrons. The molecular formula is C17H17ClN2O3S2. The maximum Gasteiger partial charge on any atom is 0.255 e. The summed E-state index contributed by atoms with van der Waals surface area (Å²) in [6, 6.07) is 13.2. The van der Waals surface area contributed by atoms with Crippen LogP contribution in [0.5, 0.6) is 0 Å². The summed E-state index contributed by atoms with van der Waals surface area (Å²) < 4.78 is 26.7. The highest BCUT2D eigenvalue weighted by Crippen LogP contribution is 2.21. The van der Waals surface area contributed by atoms with Crippen molar-refractivity contribution in [2.45, 2.75) is 9.79 Å². The van der Waals surface area contributed by atoms with Crippen molar-refractivity contribution in [3.8, 4) is 0 Å². The smallest absolute Gasteiger partial charge is 0.255 e. The van der Waals surface area contributed by atoms with Crippen LogP contribution in [0.15, 0.2) is 58.3 Å². The minimum absolute atomic E-state index is 0.130. The number of thiol groups is 1. The fourth-order valence-corrected chi connectivity index (χ4v) is 4.52. The first-order valence-corrected chi connectivity index (χ1v) is 9.99. The predicted octanol–water partition coefficient (Wildman–Crippen LogP) is 2.78. The third-order valence-electron chi connectivity index (χ3n) is 4.11. The molecule has 0 unspecified atom stereocenters. The van der Waals surface area contributed by atoms with Crippen molar-refractivity contribution in [2.75, 3.05) is 26.2 Å². The maximum absolute atomic E-state index is 12.7. The summed E-state index contributed by atoms with van der Waals surface area (Å²) >= 11 is 10.1. The zero-order valence-corrected chi connectivity index (χ0v) is 15.8. The Morgan fingerprint density at radius 2 is 1.56 bits per heavy atom. The lowest BCUT2D eigenvalue weighted by Gasteiger charge is -2.34. The van der Waals surface area contributed by atoms with Crippen LogP contribution in [0.2, 0.25) is 5.02 Å².